The lowest BCUT2D eigenvalue weighted by atomic mass is 9.85. The fourth-order valence-electron chi connectivity index (χ4n) is 3.52. The molecule has 3 rings (SSSR count). The van der Waals surface area contributed by atoms with Gasteiger partial charge in [-0.2, -0.15) is 0 Å². The number of methoxy groups -OCH3 is 1. The normalized spacial score (nSPS) is 20.2. The van der Waals surface area contributed by atoms with Crippen molar-refractivity contribution in [2.75, 3.05) is 20.3 Å². The first-order valence-corrected chi connectivity index (χ1v) is 10.2. The molecule has 0 spiro atoms. The minimum absolute atomic E-state index is 0.0737. The fourth-order valence-corrected chi connectivity index (χ4v) is 3.92. The van der Waals surface area contributed by atoms with E-state index >= 15 is 0 Å². The van der Waals surface area contributed by atoms with Crippen LogP contribution in [-0.4, -0.2) is 42.3 Å². The molecule has 0 aromatic heterocycles. The minimum atomic E-state index is -0.319. The molecule has 0 radical (unpaired) electrons. The predicted molar refractivity (Wildman–Crippen MR) is 114 cm³/mol. The molecule has 2 aliphatic rings. The maximum atomic E-state index is 12.9. The van der Waals surface area contributed by atoms with Gasteiger partial charge in [-0.25, -0.2) is 4.79 Å². The highest BCUT2D eigenvalue weighted by molar-refractivity contribution is 7.80. The summed E-state index contributed by atoms with van der Waals surface area (Å²) in [5, 5.41) is 4.06. The molecular weight excluding hydrogens is 372 g/mol. The number of ether oxygens (including phenoxy) is 2. The van der Waals surface area contributed by atoms with Crippen LogP contribution in [0.1, 0.15) is 57.7 Å². The molecule has 1 N–H and O–H groups in total. The van der Waals surface area contributed by atoms with Crippen molar-refractivity contribution in [2.24, 2.45) is 0 Å². The molecule has 28 heavy (non-hydrogen) atoms. The summed E-state index contributed by atoms with van der Waals surface area (Å²) in [5.74, 6) is -0.319. The first-order valence-electron chi connectivity index (χ1n) is 9.81. The largest absolute Gasteiger partial charge is 0.460 e. The second kappa shape index (κ2) is 8.21. The van der Waals surface area contributed by atoms with Crippen molar-refractivity contribution in [3.8, 4) is 0 Å². The van der Waals surface area contributed by atoms with Crippen LogP contribution in [0.3, 0.4) is 0 Å². The average molecular weight is 403 g/mol. The van der Waals surface area contributed by atoms with Crippen LogP contribution in [0.5, 0.6) is 0 Å². The first kappa shape index (κ1) is 20.8. The summed E-state index contributed by atoms with van der Waals surface area (Å²) in [6, 6.07) is 8.46. The van der Waals surface area contributed by atoms with Crippen molar-refractivity contribution in [3.05, 3.63) is 46.7 Å². The molecule has 5 nitrogen and oxygen atoms in total. The van der Waals surface area contributed by atoms with Gasteiger partial charge in [0.05, 0.1) is 18.2 Å². The van der Waals surface area contributed by atoms with Crippen LogP contribution >= 0.6 is 12.2 Å². The van der Waals surface area contributed by atoms with Crippen LogP contribution < -0.4 is 5.32 Å². The number of carbonyl (C=O) groups excluding carboxylic acids is 1. The Morgan fingerprint density at radius 1 is 1.21 bits per heavy atom. The Morgan fingerprint density at radius 2 is 1.86 bits per heavy atom. The van der Waals surface area contributed by atoms with E-state index in [0.29, 0.717) is 23.3 Å². The van der Waals surface area contributed by atoms with Gasteiger partial charge in [0.2, 0.25) is 0 Å². The summed E-state index contributed by atoms with van der Waals surface area (Å²) in [7, 11) is 1.59. The molecule has 1 aromatic carbocycles. The molecule has 1 aromatic rings. The van der Waals surface area contributed by atoms with Gasteiger partial charge in [0, 0.05) is 18.8 Å². The highest BCUT2D eigenvalue weighted by Crippen LogP contribution is 2.38. The lowest BCUT2D eigenvalue weighted by molar-refractivity contribution is -0.140. The van der Waals surface area contributed by atoms with Crippen LogP contribution in [0.4, 0.5) is 0 Å². The van der Waals surface area contributed by atoms with E-state index in [1.54, 1.807) is 7.11 Å². The third-order valence-corrected chi connectivity index (χ3v) is 5.60. The SMILES string of the molecule is COCCOC(=O)C1=C(C)N(C2CC2)C(=S)NC1c1ccc(C(C)(C)C)cc1. The molecule has 152 valence electrons. The van der Waals surface area contributed by atoms with Gasteiger partial charge in [-0.1, -0.05) is 45.0 Å². The molecule has 1 atom stereocenters. The number of hydrogen-bond donors (Lipinski definition) is 1. The zero-order chi connectivity index (χ0) is 20.5. The van der Waals surface area contributed by atoms with E-state index < -0.39 is 0 Å². The zero-order valence-corrected chi connectivity index (χ0v) is 18.2. The van der Waals surface area contributed by atoms with Crippen LogP contribution in [0, 0.1) is 0 Å². The Hall–Kier alpha value is -1.92. The minimum Gasteiger partial charge on any atom is -0.460 e. The third-order valence-electron chi connectivity index (χ3n) is 5.29. The predicted octanol–water partition coefficient (Wildman–Crippen LogP) is 3.84. The molecule has 0 bridgehead atoms. The smallest absolute Gasteiger partial charge is 0.338 e. The molecule has 1 unspecified atom stereocenters. The molecule has 1 aliphatic heterocycles. The highest BCUT2D eigenvalue weighted by atomic mass is 32.1. The Bertz CT molecular complexity index is 776. The van der Waals surface area contributed by atoms with Gasteiger partial charge in [-0.05, 0) is 48.5 Å². The van der Waals surface area contributed by atoms with Crippen molar-refractivity contribution >= 4 is 23.3 Å². The molecular formula is C22H30N2O3S. The van der Waals surface area contributed by atoms with Crippen molar-refractivity contribution < 1.29 is 14.3 Å². The lowest BCUT2D eigenvalue weighted by Crippen LogP contribution is -2.48. The van der Waals surface area contributed by atoms with Gasteiger partial charge in [-0.15, -0.1) is 0 Å². The molecule has 0 amide bonds. The highest BCUT2D eigenvalue weighted by Gasteiger charge is 2.40. The molecule has 6 heteroatoms. The quantitative estimate of drug-likeness (QED) is 0.443. The van der Waals surface area contributed by atoms with E-state index in [1.165, 1.54) is 5.56 Å². The third kappa shape index (κ3) is 4.39. The van der Waals surface area contributed by atoms with E-state index in [2.05, 4.69) is 55.3 Å². The number of hydrogen-bond acceptors (Lipinski definition) is 4. The molecule has 1 heterocycles. The van der Waals surface area contributed by atoms with Crippen molar-refractivity contribution in [2.45, 2.75) is 58.0 Å². The molecule has 1 fully saturated rings. The second-order valence-electron chi connectivity index (χ2n) is 8.48. The van der Waals surface area contributed by atoms with Gasteiger partial charge in [0.15, 0.2) is 5.11 Å². The Morgan fingerprint density at radius 3 is 2.39 bits per heavy atom. The maximum Gasteiger partial charge on any atom is 0.338 e. The number of nitrogens with one attached hydrogen (secondary N) is 1. The Kier molecular flexibility index (Phi) is 6.10. The van der Waals surface area contributed by atoms with Gasteiger partial charge in [0.1, 0.15) is 6.61 Å². The molecule has 1 saturated carbocycles. The monoisotopic (exact) mass is 402 g/mol. The fraction of sp³-hybridized carbons (Fsp3) is 0.545. The standard InChI is InChI=1S/C22H30N2O3S/c1-14-18(20(25)27-13-12-26-5)19(23-21(28)24(14)17-10-11-17)15-6-8-16(9-7-15)22(2,3)4/h6-9,17,19H,10-13H2,1-5H3,(H,23,28). The maximum absolute atomic E-state index is 12.9. The molecule has 0 saturated heterocycles. The number of nitrogens with zero attached hydrogens (tertiary/aromatic N) is 1. The Balaban J connectivity index is 1.95. The van der Waals surface area contributed by atoms with Crippen LogP contribution in [0.2, 0.25) is 0 Å². The Labute approximate surface area is 173 Å². The van der Waals surface area contributed by atoms with Gasteiger partial charge >= 0.3 is 5.97 Å². The summed E-state index contributed by atoms with van der Waals surface area (Å²) in [4.78, 5) is 15.0. The first-order chi connectivity index (χ1) is 13.2. The van der Waals surface area contributed by atoms with Crippen molar-refractivity contribution in [1.29, 1.82) is 0 Å². The van der Waals surface area contributed by atoms with Gasteiger partial charge in [0.25, 0.3) is 0 Å². The average Bonchev–Trinajstić information content (AvgIpc) is 3.45. The van der Waals surface area contributed by atoms with E-state index in [0.717, 1.165) is 24.1 Å². The van der Waals surface area contributed by atoms with E-state index in [4.69, 9.17) is 21.7 Å². The van der Waals surface area contributed by atoms with Crippen LogP contribution in [-0.2, 0) is 19.7 Å². The number of thiocarbonyl (C=S) groups is 1. The number of allylic oxidation sites excluding steroid dienone is 1. The topological polar surface area (TPSA) is 50.8 Å². The summed E-state index contributed by atoms with van der Waals surface area (Å²) in [6.07, 6.45) is 2.19. The van der Waals surface area contributed by atoms with E-state index in [1.807, 2.05) is 6.92 Å². The van der Waals surface area contributed by atoms with Crippen molar-refractivity contribution in [3.63, 3.8) is 0 Å². The second-order valence-corrected chi connectivity index (χ2v) is 8.87. The van der Waals surface area contributed by atoms with Gasteiger partial charge in [-0.3, -0.25) is 0 Å². The zero-order valence-electron chi connectivity index (χ0n) is 17.4. The van der Waals surface area contributed by atoms with E-state index in [-0.39, 0.29) is 24.0 Å². The van der Waals surface area contributed by atoms with E-state index in [9.17, 15) is 4.79 Å². The number of benzene rings is 1. The lowest BCUT2D eigenvalue weighted by Gasteiger charge is -2.38. The summed E-state index contributed by atoms with van der Waals surface area (Å²) < 4.78 is 10.5. The number of esters is 1. The summed E-state index contributed by atoms with van der Waals surface area (Å²) in [6.45, 7) is 9.14. The summed E-state index contributed by atoms with van der Waals surface area (Å²) >= 11 is 5.64. The number of rotatable bonds is 6. The van der Waals surface area contributed by atoms with Crippen molar-refractivity contribution in [1.82, 2.24) is 10.2 Å². The number of carbonyl (C=O) groups is 1. The van der Waals surface area contributed by atoms with Gasteiger partial charge < -0.3 is 19.7 Å². The molecule has 1 aliphatic carbocycles. The summed E-state index contributed by atoms with van der Waals surface area (Å²) in [5.41, 5.74) is 3.84. The van der Waals surface area contributed by atoms with Crippen LogP contribution in [0.25, 0.3) is 0 Å². The van der Waals surface area contributed by atoms with Crippen LogP contribution in [0.15, 0.2) is 35.5 Å².